The molecule has 1 aliphatic heterocycles. The summed E-state index contributed by atoms with van der Waals surface area (Å²) in [6, 6.07) is 8.17. The van der Waals surface area contributed by atoms with Gasteiger partial charge in [0, 0.05) is 17.1 Å². The zero-order valence-corrected chi connectivity index (χ0v) is 17.8. The van der Waals surface area contributed by atoms with Crippen molar-refractivity contribution in [3.05, 3.63) is 46.6 Å². The molecule has 8 heteroatoms. The van der Waals surface area contributed by atoms with Gasteiger partial charge in [-0.1, -0.05) is 37.6 Å². The van der Waals surface area contributed by atoms with Gasteiger partial charge >= 0.3 is 6.01 Å². The molecule has 0 spiro atoms. The summed E-state index contributed by atoms with van der Waals surface area (Å²) in [6.45, 7) is 8.17. The van der Waals surface area contributed by atoms with Crippen molar-refractivity contribution in [2.45, 2.75) is 51.7 Å². The lowest BCUT2D eigenvalue weighted by Crippen LogP contribution is -2.37. The maximum atomic E-state index is 6.16. The van der Waals surface area contributed by atoms with Crippen molar-refractivity contribution in [3.8, 4) is 6.01 Å². The average Bonchev–Trinajstić information content (AvgIpc) is 3.13. The van der Waals surface area contributed by atoms with Gasteiger partial charge in [0.25, 0.3) is 0 Å². The number of nitrogens with one attached hydrogen (secondary N) is 2. The van der Waals surface area contributed by atoms with Gasteiger partial charge < -0.3 is 15.4 Å². The molecule has 0 saturated carbocycles. The number of fused-ring (bicyclic) bond motifs is 1. The van der Waals surface area contributed by atoms with Crippen molar-refractivity contribution in [1.29, 1.82) is 0 Å². The maximum Gasteiger partial charge on any atom is 0.322 e. The molecule has 2 aromatic heterocycles. The molecule has 0 aliphatic carbocycles. The number of hydrogen-bond acceptors (Lipinski definition) is 6. The molecule has 0 radical (unpaired) electrons. The first kappa shape index (κ1) is 19.9. The van der Waals surface area contributed by atoms with Gasteiger partial charge in [0.1, 0.15) is 6.10 Å². The number of rotatable bonds is 6. The van der Waals surface area contributed by atoms with E-state index in [0.29, 0.717) is 22.9 Å². The monoisotopic (exact) mass is 414 g/mol. The van der Waals surface area contributed by atoms with E-state index in [1.54, 1.807) is 4.52 Å². The van der Waals surface area contributed by atoms with E-state index in [9.17, 15) is 0 Å². The van der Waals surface area contributed by atoms with E-state index in [2.05, 4.69) is 46.5 Å². The second kappa shape index (κ2) is 8.55. The Balaban J connectivity index is 1.68. The van der Waals surface area contributed by atoms with Crippen molar-refractivity contribution >= 4 is 23.2 Å². The van der Waals surface area contributed by atoms with Crippen molar-refractivity contribution in [1.82, 2.24) is 24.9 Å². The van der Waals surface area contributed by atoms with E-state index in [4.69, 9.17) is 16.3 Å². The van der Waals surface area contributed by atoms with Crippen LogP contribution >= 0.6 is 11.6 Å². The molecule has 1 fully saturated rings. The maximum absolute atomic E-state index is 6.16. The molecule has 4 rings (SSSR count). The lowest BCUT2D eigenvalue weighted by Gasteiger charge is -2.23. The topological polar surface area (TPSA) is 76.4 Å². The Bertz CT molecular complexity index is 982. The Morgan fingerprint density at radius 2 is 2.14 bits per heavy atom. The zero-order chi connectivity index (χ0) is 20.4. The summed E-state index contributed by atoms with van der Waals surface area (Å²) >= 11 is 6.16. The summed E-state index contributed by atoms with van der Waals surface area (Å²) in [5, 5.41) is 12.1. The van der Waals surface area contributed by atoms with Crippen LogP contribution in [0.25, 0.3) is 5.65 Å². The van der Waals surface area contributed by atoms with Crippen LogP contribution in [0, 0.1) is 0 Å². The molecule has 3 heterocycles. The highest BCUT2D eigenvalue weighted by Crippen LogP contribution is 2.26. The molecule has 7 nitrogen and oxygen atoms in total. The molecule has 1 aromatic carbocycles. The quantitative estimate of drug-likeness (QED) is 0.629. The molecule has 1 saturated heterocycles. The fourth-order valence-electron chi connectivity index (χ4n) is 3.55. The van der Waals surface area contributed by atoms with Crippen LogP contribution < -0.4 is 15.4 Å². The molecule has 1 unspecified atom stereocenters. The van der Waals surface area contributed by atoms with Crippen LogP contribution in [0.1, 0.15) is 56.7 Å². The number of anilines is 1. The fourth-order valence-corrected chi connectivity index (χ4v) is 3.75. The SMILES string of the molecule is CC(C)c1cnn2c(N[C@@H](C)c3cccc(Cl)c3)nc(OC3CCCNC3)nc12. The highest BCUT2D eigenvalue weighted by Gasteiger charge is 2.21. The Kier molecular flexibility index (Phi) is 5.87. The molecule has 2 N–H and O–H groups in total. The van der Waals surface area contributed by atoms with Gasteiger partial charge in [-0.2, -0.15) is 19.6 Å². The third-order valence-electron chi connectivity index (χ3n) is 5.21. The van der Waals surface area contributed by atoms with Crippen molar-refractivity contribution in [2.24, 2.45) is 0 Å². The van der Waals surface area contributed by atoms with E-state index in [1.807, 2.05) is 30.5 Å². The van der Waals surface area contributed by atoms with E-state index >= 15 is 0 Å². The van der Waals surface area contributed by atoms with Crippen LogP contribution in [0.5, 0.6) is 6.01 Å². The number of nitrogens with zero attached hydrogens (tertiary/aromatic N) is 4. The van der Waals surface area contributed by atoms with Crippen LogP contribution in [0.15, 0.2) is 30.5 Å². The van der Waals surface area contributed by atoms with Gasteiger partial charge in [-0.15, -0.1) is 0 Å². The predicted octanol–water partition coefficient (Wildman–Crippen LogP) is 4.21. The van der Waals surface area contributed by atoms with Gasteiger partial charge in [-0.3, -0.25) is 0 Å². The van der Waals surface area contributed by atoms with Crippen LogP contribution in [0.3, 0.4) is 0 Å². The van der Waals surface area contributed by atoms with Crippen LogP contribution in [-0.4, -0.2) is 38.8 Å². The summed E-state index contributed by atoms with van der Waals surface area (Å²) < 4.78 is 7.88. The molecule has 0 bridgehead atoms. The first-order chi connectivity index (χ1) is 14.0. The molecule has 154 valence electrons. The number of piperidine rings is 1. The normalized spacial score (nSPS) is 18.2. The van der Waals surface area contributed by atoms with E-state index in [0.717, 1.165) is 42.7 Å². The lowest BCUT2D eigenvalue weighted by atomic mass is 10.1. The minimum atomic E-state index is -0.0114. The van der Waals surface area contributed by atoms with Crippen LogP contribution in [0.4, 0.5) is 5.95 Å². The fraction of sp³-hybridized carbons (Fsp3) is 0.476. The summed E-state index contributed by atoms with van der Waals surface area (Å²) in [5.41, 5.74) is 2.91. The summed E-state index contributed by atoms with van der Waals surface area (Å²) in [7, 11) is 0. The number of ether oxygens (including phenoxy) is 1. The Morgan fingerprint density at radius 3 is 2.86 bits per heavy atom. The summed E-state index contributed by atoms with van der Waals surface area (Å²) in [4.78, 5) is 9.33. The van der Waals surface area contributed by atoms with Gasteiger partial charge in [-0.25, -0.2) is 0 Å². The minimum Gasteiger partial charge on any atom is -0.459 e. The predicted molar refractivity (Wildman–Crippen MR) is 115 cm³/mol. The highest BCUT2D eigenvalue weighted by atomic mass is 35.5. The van der Waals surface area contributed by atoms with E-state index < -0.39 is 0 Å². The molecule has 3 aromatic rings. The van der Waals surface area contributed by atoms with Crippen LogP contribution in [-0.2, 0) is 0 Å². The number of benzene rings is 1. The smallest absolute Gasteiger partial charge is 0.322 e. The average molecular weight is 415 g/mol. The second-order valence-corrected chi connectivity index (χ2v) is 8.26. The van der Waals surface area contributed by atoms with E-state index in [1.165, 1.54) is 0 Å². The standard InChI is InChI=1S/C21H27ClN6O/c1-13(2)18-12-24-28-19(18)26-21(29-17-8-5-9-23-11-17)27-20(28)25-14(3)15-6-4-7-16(22)10-15/h4,6-7,10,12-14,17,23H,5,8-9,11H2,1-3H3,(H,25,26,27)/t14-,17?/m0/s1. The van der Waals surface area contributed by atoms with Crippen molar-refractivity contribution < 1.29 is 4.74 Å². The molecule has 29 heavy (non-hydrogen) atoms. The minimum absolute atomic E-state index is 0.0114. The van der Waals surface area contributed by atoms with Gasteiger partial charge in [0.05, 0.1) is 12.2 Å². The zero-order valence-electron chi connectivity index (χ0n) is 17.0. The Hall–Kier alpha value is -2.38. The Morgan fingerprint density at radius 1 is 1.28 bits per heavy atom. The lowest BCUT2D eigenvalue weighted by molar-refractivity contribution is 0.153. The van der Waals surface area contributed by atoms with Gasteiger partial charge in [-0.05, 0) is 49.9 Å². The molecule has 2 atom stereocenters. The summed E-state index contributed by atoms with van der Waals surface area (Å²) in [6.07, 6.45) is 4.03. The van der Waals surface area contributed by atoms with E-state index in [-0.39, 0.29) is 12.1 Å². The molecule has 1 aliphatic rings. The third-order valence-corrected chi connectivity index (χ3v) is 5.45. The Labute approximate surface area is 175 Å². The van der Waals surface area contributed by atoms with Crippen LogP contribution in [0.2, 0.25) is 5.02 Å². The number of aromatic nitrogens is 4. The molecule has 0 amide bonds. The number of hydrogen-bond donors (Lipinski definition) is 2. The van der Waals surface area contributed by atoms with Crippen molar-refractivity contribution in [3.63, 3.8) is 0 Å². The van der Waals surface area contributed by atoms with Gasteiger partial charge in [0.2, 0.25) is 5.95 Å². The highest BCUT2D eigenvalue weighted by molar-refractivity contribution is 6.30. The third kappa shape index (κ3) is 4.46. The second-order valence-electron chi connectivity index (χ2n) is 7.83. The van der Waals surface area contributed by atoms with Gasteiger partial charge in [0.15, 0.2) is 5.65 Å². The first-order valence-corrected chi connectivity index (χ1v) is 10.5. The first-order valence-electron chi connectivity index (χ1n) is 10.2. The van der Waals surface area contributed by atoms with Crippen molar-refractivity contribution in [2.75, 3.05) is 18.4 Å². The summed E-state index contributed by atoms with van der Waals surface area (Å²) in [5.74, 6) is 0.901. The largest absolute Gasteiger partial charge is 0.459 e. The molecular weight excluding hydrogens is 388 g/mol. The number of halogens is 1. The molecular formula is C21H27ClN6O.